The van der Waals surface area contributed by atoms with Gasteiger partial charge < -0.3 is 25.2 Å². The van der Waals surface area contributed by atoms with Crippen molar-refractivity contribution in [3.63, 3.8) is 0 Å². The van der Waals surface area contributed by atoms with Gasteiger partial charge in [-0.1, -0.05) is 6.07 Å². The molecule has 0 radical (unpaired) electrons. The number of rotatable bonds is 5. The maximum atomic E-state index is 13.4. The molecule has 2 amide bonds. The number of ether oxygens (including phenoxy) is 1. The largest absolute Gasteiger partial charge is 0.444 e. The predicted molar refractivity (Wildman–Crippen MR) is 147 cm³/mol. The van der Waals surface area contributed by atoms with Crippen LogP contribution in [0.5, 0.6) is 0 Å². The Morgan fingerprint density at radius 1 is 1.05 bits per heavy atom. The lowest BCUT2D eigenvalue weighted by Crippen LogP contribution is -2.40. The van der Waals surface area contributed by atoms with E-state index in [-0.39, 0.29) is 11.9 Å². The number of carbonyl (C=O) groups is 2. The molecule has 2 saturated heterocycles. The summed E-state index contributed by atoms with van der Waals surface area (Å²) in [6, 6.07) is 7.32. The Kier molecular flexibility index (Phi) is 7.09. The molecule has 2 fully saturated rings. The van der Waals surface area contributed by atoms with E-state index in [0.717, 1.165) is 50.1 Å². The molecular formula is C27H36N8O3. The number of fused-ring (bicyclic) bond motifs is 1. The molecule has 3 aromatic heterocycles. The minimum absolute atomic E-state index is 0.0477. The molecule has 11 nitrogen and oxygen atoms in total. The van der Waals surface area contributed by atoms with E-state index in [2.05, 4.69) is 30.5 Å². The van der Waals surface area contributed by atoms with Crippen LogP contribution in [0.3, 0.4) is 0 Å². The number of pyridine rings is 2. The Morgan fingerprint density at radius 2 is 1.84 bits per heavy atom. The zero-order valence-corrected chi connectivity index (χ0v) is 22.5. The van der Waals surface area contributed by atoms with Crippen molar-refractivity contribution in [1.29, 1.82) is 0 Å². The van der Waals surface area contributed by atoms with E-state index in [1.807, 2.05) is 52.2 Å². The summed E-state index contributed by atoms with van der Waals surface area (Å²) in [4.78, 5) is 39.3. The summed E-state index contributed by atoms with van der Waals surface area (Å²) in [5.74, 6) is 1.15. The Morgan fingerprint density at radius 3 is 2.61 bits per heavy atom. The Balaban J connectivity index is 1.30. The third-order valence-corrected chi connectivity index (χ3v) is 6.69. The highest BCUT2D eigenvalue weighted by molar-refractivity contribution is 6.05. The number of aryl methyl sites for hydroxylation is 1. The molecular weight excluding hydrogens is 484 g/mol. The van der Waals surface area contributed by atoms with Gasteiger partial charge in [-0.05, 0) is 64.7 Å². The molecule has 5 heterocycles. The molecule has 5 rings (SSSR count). The first-order valence-electron chi connectivity index (χ1n) is 13.3. The third kappa shape index (κ3) is 5.98. The van der Waals surface area contributed by atoms with Crippen LogP contribution in [-0.4, -0.2) is 69.6 Å². The summed E-state index contributed by atoms with van der Waals surface area (Å²) in [6.45, 7) is 8.64. The number of anilines is 3. The highest BCUT2D eigenvalue weighted by atomic mass is 16.6. The monoisotopic (exact) mass is 520 g/mol. The summed E-state index contributed by atoms with van der Waals surface area (Å²) in [7, 11) is 1.86. The van der Waals surface area contributed by atoms with Crippen molar-refractivity contribution >= 4 is 40.4 Å². The number of carbonyl (C=O) groups excluding carboxylic acids is 2. The summed E-state index contributed by atoms with van der Waals surface area (Å²) in [5.41, 5.74) is 1.10. The number of piperidine rings is 1. The lowest BCUT2D eigenvalue weighted by molar-refractivity contribution is 0.0509. The van der Waals surface area contributed by atoms with Crippen molar-refractivity contribution in [1.82, 2.24) is 25.1 Å². The highest BCUT2D eigenvalue weighted by Crippen LogP contribution is 2.30. The Labute approximate surface area is 222 Å². The van der Waals surface area contributed by atoms with E-state index in [9.17, 15) is 9.59 Å². The molecule has 3 aromatic rings. The fourth-order valence-corrected chi connectivity index (χ4v) is 4.98. The zero-order chi connectivity index (χ0) is 26.9. The predicted octanol–water partition coefficient (Wildman–Crippen LogP) is 3.71. The first-order chi connectivity index (χ1) is 18.1. The topological polar surface area (TPSA) is 118 Å². The van der Waals surface area contributed by atoms with Gasteiger partial charge in [0.25, 0.3) is 5.91 Å². The van der Waals surface area contributed by atoms with E-state index < -0.39 is 11.7 Å². The average molecular weight is 521 g/mol. The minimum Gasteiger partial charge on any atom is -0.444 e. The molecule has 2 aliphatic rings. The van der Waals surface area contributed by atoms with Crippen molar-refractivity contribution < 1.29 is 14.3 Å². The number of aromatic nitrogens is 4. The van der Waals surface area contributed by atoms with Crippen molar-refractivity contribution in [3.05, 3.63) is 36.2 Å². The minimum atomic E-state index is -0.545. The number of nitrogens with one attached hydrogen (secondary N) is 2. The van der Waals surface area contributed by atoms with E-state index in [1.54, 1.807) is 10.7 Å². The Hall–Kier alpha value is -3.89. The molecule has 0 aromatic carbocycles. The normalized spacial score (nSPS) is 18.1. The van der Waals surface area contributed by atoms with Crippen molar-refractivity contribution in [2.45, 2.75) is 58.1 Å². The number of hydrogen-bond acceptors (Lipinski definition) is 8. The summed E-state index contributed by atoms with van der Waals surface area (Å²) >= 11 is 0. The van der Waals surface area contributed by atoms with Gasteiger partial charge in [-0.3, -0.25) is 9.48 Å². The zero-order valence-electron chi connectivity index (χ0n) is 22.5. The lowest BCUT2D eigenvalue weighted by Gasteiger charge is -2.29. The molecule has 38 heavy (non-hydrogen) atoms. The van der Waals surface area contributed by atoms with E-state index in [0.29, 0.717) is 29.4 Å². The summed E-state index contributed by atoms with van der Waals surface area (Å²) in [6.07, 6.45) is 5.64. The summed E-state index contributed by atoms with van der Waals surface area (Å²) in [5, 5.41) is 11.3. The van der Waals surface area contributed by atoms with Crippen molar-refractivity contribution in [3.8, 4) is 0 Å². The molecule has 0 saturated carbocycles. The second-order valence-corrected chi connectivity index (χ2v) is 11.0. The van der Waals surface area contributed by atoms with Gasteiger partial charge in [-0.2, -0.15) is 5.10 Å². The van der Waals surface area contributed by atoms with Crippen LogP contribution in [0.15, 0.2) is 30.5 Å². The van der Waals surface area contributed by atoms with Crippen LogP contribution >= 0.6 is 0 Å². The highest BCUT2D eigenvalue weighted by Gasteiger charge is 2.27. The van der Waals surface area contributed by atoms with Crippen LogP contribution in [0.25, 0.3) is 11.0 Å². The van der Waals surface area contributed by atoms with Crippen LogP contribution in [0.2, 0.25) is 0 Å². The average Bonchev–Trinajstić information content (AvgIpc) is 3.48. The van der Waals surface area contributed by atoms with Gasteiger partial charge in [-0.25, -0.2) is 14.8 Å². The van der Waals surface area contributed by atoms with Crippen LogP contribution in [0.4, 0.5) is 22.1 Å². The van der Waals surface area contributed by atoms with Gasteiger partial charge in [0.1, 0.15) is 17.1 Å². The maximum Gasteiger partial charge on any atom is 0.407 e. The molecule has 2 N–H and O–H groups in total. The lowest BCUT2D eigenvalue weighted by atomic mass is 10.1. The quantitative estimate of drug-likeness (QED) is 0.523. The van der Waals surface area contributed by atoms with E-state index >= 15 is 0 Å². The Bertz CT molecular complexity index is 1330. The second-order valence-electron chi connectivity index (χ2n) is 11.0. The number of hydrogen-bond donors (Lipinski definition) is 2. The number of nitrogens with zero attached hydrogens (tertiary/aromatic N) is 6. The van der Waals surface area contributed by atoms with Crippen LogP contribution in [0.1, 0.15) is 56.9 Å². The molecule has 0 aliphatic carbocycles. The van der Waals surface area contributed by atoms with E-state index in [4.69, 9.17) is 9.72 Å². The van der Waals surface area contributed by atoms with Crippen LogP contribution in [-0.2, 0) is 11.8 Å². The molecule has 202 valence electrons. The van der Waals surface area contributed by atoms with Gasteiger partial charge in [-0.15, -0.1) is 0 Å². The van der Waals surface area contributed by atoms with Crippen LogP contribution < -0.4 is 20.4 Å². The standard InChI is InChI=1S/C27H36N8O3/c1-27(2,3)38-26(37)28-19-11-14-35(17-19)22-10-8-9-20(29-22)25(36)30-21-15-18-16-33(4)32-23(18)31-24(21)34-12-6-5-7-13-34/h8-10,15-16,19H,5-7,11-14,17H2,1-4H3,(H,28,37)(H,30,36)/t19-/m0/s1. The fraction of sp³-hybridized carbons (Fsp3) is 0.519. The smallest absolute Gasteiger partial charge is 0.407 e. The number of amides is 2. The molecule has 11 heteroatoms. The van der Waals surface area contributed by atoms with Crippen molar-refractivity contribution in [2.24, 2.45) is 7.05 Å². The first kappa shape index (κ1) is 25.7. The van der Waals surface area contributed by atoms with Gasteiger partial charge in [0.15, 0.2) is 11.5 Å². The summed E-state index contributed by atoms with van der Waals surface area (Å²) < 4.78 is 7.11. The van der Waals surface area contributed by atoms with Gasteiger partial charge in [0, 0.05) is 44.8 Å². The molecule has 2 aliphatic heterocycles. The maximum absolute atomic E-state index is 13.4. The van der Waals surface area contributed by atoms with E-state index in [1.165, 1.54) is 6.42 Å². The van der Waals surface area contributed by atoms with Gasteiger partial charge in [0.05, 0.1) is 11.7 Å². The second kappa shape index (κ2) is 10.5. The first-order valence-corrected chi connectivity index (χ1v) is 13.3. The molecule has 0 unspecified atom stereocenters. The van der Waals surface area contributed by atoms with Gasteiger partial charge >= 0.3 is 6.09 Å². The SMILES string of the molecule is Cn1cc2cc(NC(=O)c3cccc(N4CC[C@H](NC(=O)OC(C)(C)C)C4)n3)c(N3CCCCC3)nc2n1. The third-order valence-electron chi connectivity index (χ3n) is 6.69. The molecule has 1 atom stereocenters. The van der Waals surface area contributed by atoms with Crippen molar-refractivity contribution in [2.75, 3.05) is 41.3 Å². The number of alkyl carbamates (subject to hydrolysis) is 1. The molecule has 0 bridgehead atoms. The van der Waals surface area contributed by atoms with Crippen LogP contribution in [0, 0.1) is 0 Å². The van der Waals surface area contributed by atoms with Gasteiger partial charge in [0.2, 0.25) is 0 Å². The molecule has 0 spiro atoms. The fourth-order valence-electron chi connectivity index (χ4n) is 4.98.